The molecule has 2 aliphatic rings. The number of rotatable bonds is 4. The van der Waals surface area contributed by atoms with Gasteiger partial charge in [0, 0.05) is 37.5 Å². The van der Waals surface area contributed by atoms with Crippen molar-refractivity contribution in [2.75, 3.05) is 33.1 Å². The number of hydrogen-bond acceptors (Lipinski definition) is 2. The number of nitrogens with zero attached hydrogens (tertiary/aromatic N) is 2. The lowest BCUT2D eigenvalue weighted by Crippen LogP contribution is -2.51. The molecule has 1 atom stereocenters. The summed E-state index contributed by atoms with van der Waals surface area (Å²) in [5, 5.41) is 11.3. The largest absolute Gasteiger partial charge is 0.478 e. The summed E-state index contributed by atoms with van der Waals surface area (Å²) in [6.07, 6.45) is 5.91. The summed E-state index contributed by atoms with van der Waals surface area (Å²) in [5.74, 6) is -3.18. The zero-order valence-electron chi connectivity index (χ0n) is 19.9. The highest BCUT2D eigenvalue weighted by molar-refractivity contribution is 7.02. The SMILES string of the molecule is C=C[Si]1(C)C2=CC(=[N+](C)C)C=CC2=C(c2c(F)cc(C(=O)O)cc2F)c2ccc(N(C)C)cc21. The monoisotopic (exact) mass is 477 g/mol. The first-order valence-electron chi connectivity index (χ1n) is 10.9. The Hall–Kier alpha value is -3.58. The van der Waals surface area contributed by atoms with Gasteiger partial charge in [0.25, 0.3) is 0 Å². The highest BCUT2D eigenvalue weighted by Gasteiger charge is 2.43. The minimum absolute atomic E-state index is 0.220. The van der Waals surface area contributed by atoms with Crippen molar-refractivity contribution < 1.29 is 23.3 Å². The van der Waals surface area contributed by atoms with Crippen LogP contribution in [0.25, 0.3) is 5.57 Å². The molecule has 0 saturated heterocycles. The van der Waals surface area contributed by atoms with Crippen molar-refractivity contribution in [3.05, 3.63) is 99.9 Å². The van der Waals surface area contributed by atoms with Crippen molar-refractivity contribution in [2.24, 2.45) is 0 Å². The van der Waals surface area contributed by atoms with Gasteiger partial charge in [-0.3, -0.25) is 0 Å². The molecule has 0 amide bonds. The van der Waals surface area contributed by atoms with E-state index in [0.717, 1.165) is 45.1 Å². The smallest absolute Gasteiger partial charge is 0.335 e. The molecule has 7 heteroatoms. The number of carbonyl (C=O) groups is 1. The highest BCUT2D eigenvalue weighted by atomic mass is 28.3. The molecule has 0 aromatic heterocycles. The lowest BCUT2D eigenvalue weighted by atomic mass is 9.88. The number of fused-ring (bicyclic) bond motifs is 2. The molecule has 34 heavy (non-hydrogen) atoms. The number of hydrogen-bond donors (Lipinski definition) is 1. The predicted octanol–water partition coefficient (Wildman–Crippen LogP) is 4.30. The molecule has 0 radical (unpaired) electrons. The molecule has 0 saturated carbocycles. The minimum atomic E-state index is -2.49. The Kier molecular flexibility index (Phi) is 5.77. The van der Waals surface area contributed by atoms with Crippen molar-refractivity contribution in [3.63, 3.8) is 0 Å². The van der Waals surface area contributed by atoms with E-state index in [0.29, 0.717) is 5.57 Å². The molecule has 0 bridgehead atoms. The van der Waals surface area contributed by atoms with Crippen molar-refractivity contribution >= 4 is 36.2 Å². The normalized spacial score (nSPS) is 18.8. The molecule has 2 aromatic carbocycles. The van der Waals surface area contributed by atoms with Crippen LogP contribution in [0, 0.1) is 11.6 Å². The van der Waals surface area contributed by atoms with E-state index in [1.165, 1.54) is 0 Å². The van der Waals surface area contributed by atoms with Crippen molar-refractivity contribution in [2.45, 2.75) is 6.55 Å². The second-order valence-electron chi connectivity index (χ2n) is 9.15. The Balaban J connectivity index is 2.16. The first-order valence-corrected chi connectivity index (χ1v) is 13.4. The third kappa shape index (κ3) is 3.56. The van der Waals surface area contributed by atoms with Crippen LogP contribution in [0.5, 0.6) is 0 Å². The maximum atomic E-state index is 15.4. The number of carboxylic acid groups (broad SMARTS) is 1. The zero-order chi connectivity index (χ0) is 24.9. The van der Waals surface area contributed by atoms with Gasteiger partial charge in [-0.05, 0) is 51.9 Å². The van der Waals surface area contributed by atoms with Crippen LogP contribution in [0.4, 0.5) is 14.5 Å². The molecule has 1 N–H and O–H groups in total. The molecule has 0 spiro atoms. The standard InChI is InChI=1S/C27H26F2N2O2Si/c1-7-34(6)23-14-17(30(2)3)8-10-19(23)25(20-11-9-18(31(4)5)15-24(20)34)26-21(28)12-16(27(32)33)13-22(26)29/h7-15H,1H2,2-6H3/p+1. The number of carboxylic acids is 1. The van der Waals surface area contributed by atoms with Gasteiger partial charge in [0.05, 0.1) is 11.1 Å². The second-order valence-corrected chi connectivity index (χ2v) is 13.0. The Morgan fingerprint density at radius 1 is 1.12 bits per heavy atom. The summed E-state index contributed by atoms with van der Waals surface area (Å²) >= 11 is 0. The van der Waals surface area contributed by atoms with E-state index in [1.54, 1.807) is 0 Å². The fourth-order valence-electron chi connectivity index (χ4n) is 4.63. The fraction of sp³-hybridized carbons (Fsp3) is 0.185. The van der Waals surface area contributed by atoms with Crippen LogP contribution in [0.1, 0.15) is 21.5 Å². The Morgan fingerprint density at radius 3 is 2.29 bits per heavy atom. The molecular formula is C27H27F2N2O2Si+. The zero-order valence-corrected chi connectivity index (χ0v) is 20.9. The molecule has 1 unspecified atom stereocenters. The molecule has 1 aliphatic heterocycles. The summed E-state index contributed by atoms with van der Waals surface area (Å²) < 4.78 is 32.8. The topological polar surface area (TPSA) is 43.6 Å². The summed E-state index contributed by atoms with van der Waals surface area (Å²) in [7, 11) is 5.30. The van der Waals surface area contributed by atoms with Crippen LogP contribution in [0.2, 0.25) is 6.55 Å². The molecule has 1 aliphatic carbocycles. The van der Waals surface area contributed by atoms with Gasteiger partial charge in [-0.1, -0.05) is 18.3 Å². The van der Waals surface area contributed by atoms with E-state index >= 15 is 8.78 Å². The van der Waals surface area contributed by atoms with Gasteiger partial charge in [0.2, 0.25) is 0 Å². The van der Waals surface area contributed by atoms with E-state index < -0.39 is 31.2 Å². The third-order valence-corrected chi connectivity index (χ3v) is 10.5. The number of allylic oxidation sites excluding steroid dienone is 5. The molecule has 1 heterocycles. The molecule has 0 fully saturated rings. The van der Waals surface area contributed by atoms with Crippen molar-refractivity contribution in [1.29, 1.82) is 0 Å². The lowest BCUT2D eigenvalue weighted by Gasteiger charge is -2.38. The maximum absolute atomic E-state index is 15.4. The Labute approximate surface area is 199 Å². The van der Waals surface area contributed by atoms with E-state index in [1.807, 2.05) is 67.7 Å². The second kappa shape index (κ2) is 8.33. The van der Waals surface area contributed by atoms with Gasteiger partial charge in [-0.15, -0.1) is 6.58 Å². The number of halogens is 2. The number of benzene rings is 2. The molecule has 4 rings (SSSR count). The van der Waals surface area contributed by atoms with Crippen LogP contribution in [-0.2, 0) is 0 Å². The fourth-order valence-corrected chi connectivity index (χ4v) is 7.79. The van der Waals surface area contributed by atoms with Crippen LogP contribution in [0.15, 0.2) is 71.6 Å². The van der Waals surface area contributed by atoms with Gasteiger partial charge in [0.15, 0.2) is 5.71 Å². The lowest BCUT2D eigenvalue weighted by molar-refractivity contribution is -0.462. The van der Waals surface area contributed by atoms with Gasteiger partial charge in [-0.2, -0.15) is 0 Å². The van der Waals surface area contributed by atoms with Crippen molar-refractivity contribution in [1.82, 2.24) is 0 Å². The Bertz CT molecular complexity index is 1360. The summed E-state index contributed by atoms with van der Waals surface area (Å²) in [6.45, 7) is 6.37. The first kappa shape index (κ1) is 23.6. The quantitative estimate of drug-likeness (QED) is 0.527. The third-order valence-electron chi connectivity index (χ3n) is 6.64. The molecule has 4 nitrogen and oxygen atoms in total. The van der Waals surface area contributed by atoms with Gasteiger partial charge in [-0.25, -0.2) is 18.2 Å². The maximum Gasteiger partial charge on any atom is 0.335 e. The average molecular weight is 478 g/mol. The van der Waals surface area contributed by atoms with E-state index in [-0.39, 0.29) is 5.56 Å². The van der Waals surface area contributed by atoms with Crippen LogP contribution < -0.4 is 10.1 Å². The first-order chi connectivity index (χ1) is 16.0. The number of anilines is 1. The van der Waals surface area contributed by atoms with E-state index in [4.69, 9.17) is 0 Å². The van der Waals surface area contributed by atoms with Crippen LogP contribution in [0.3, 0.4) is 0 Å². The predicted molar refractivity (Wildman–Crippen MR) is 136 cm³/mol. The molecule has 2 aromatic rings. The average Bonchev–Trinajstić information content (AvgIpc) is 2.79. The van der Waals surface area contributed by atoms with Crippen LogP contribution >= 0.6 is 0 Å². The molecular weight excluding hydrogens is 450 g/mol. The van der Waals surface area contributed by atoms with Gasteiger partial charge in [0.1, 0.15) is 33.8 Å². The van der Waals surface area contributed by atoms with Crippen molar-refractivity contribution in [3.8, 4) is 0 Å². The van der Waals surface area contributed by atoms with Gasteiger partial charge >= 0.3 is 5.97 Å². The van der Waals surface area contributed by atoms with Gasteiger partial charge < -0.3 is 10.0 Å². The molecule has 174 valence electrons. The van der Waals surface area contributed by atoms with E-state index in [2.05, 4.69) is 25.3 Å². The minimum Gasteiger partial charge on any atom is -0.478 e. The van der Waals surface area contributed by atoms with Crippen LogP contribution in [-0.4, -0.2) is 57.6 Å². The summed E-state index contributed by atoms with van der Waals surface area (Å²) in [6, 6.07) is 7.68. The summed E-state index contributed by atoms with van der Waals surface area (Å²) in [5.41, 5.74) is 5.23. The number of aromatic carboxylic acids is 1. The summed E-state index contributed by atoms with van der Waals surface area (Å²) in [4.78, 5) is 13.4. The Morgan fingerprint density at radius 2 is 1.76 bits per heavy atom. The van der Waals surface area contributed by atoms with E-state index in [9.17, 15) is 9.90 Å². The highest BCUT2D eigenvalue weighted by Crippen LogP contribution is 2.43.